The lowest BCUT2D eigenvalue weighted by atomic mass is 9.92. The fourth-order valence-corrected chi connectivity index (χ4v) is 3.39. The number of carbonyl (C=O) groups excluding carboxylic acids is 2. The summed E-state index contributed by atoms with van der Waals surface area (Å²) in [6.07, 6.45) is 0.654. The van der Waals surface area contributed by atoms with Crippen molar-refractivity contribution in [3.05, 3.63) is 71.1 Å². The van der Waals surface area contributed by atoms with Crippen LogP contribution in [-0.2, 0) is 10.2 Å². The summed E-state index contributed by atoms with van der Waals surface area (Å²) in [6, 6.07) is 14.1. The van der Waals surface area contributed by atoms with Crippen molar-refractivity contribution in [3.8, 4) is 5.69 Å². The Morgan fingerprint density at radius 3 is 2.41 bits per heavy atom. The largest absolute Gasteiger partial charge is 0.322 e. The zero-order valence-corrected chi connectivity index (χ0v) is 20.5. The van der Waals surface area contributed by atoms with Gasteiger partial charge in [-0.2, -0.15) is 5.10 Å². The van der Waals surface area contributed by atoms with Gasteiger partial charge in [-0.3, -0.25) is 4.79 Å². The predicted octanol–water partition coefficient (Wildman–Crippen LogP) is 5.84. The van der Waals surface area contributed by atoms with Gasteiger partial charge in [0.25, 0.3) is 0 Å². The number of urea groups is 1. The third kappa shape index (κ3) is 6.57. The lowest BCUT2D eigenvalue weighted by molar-refractivity contribution is -0.116. The molecular weight excluding hydrogens is 457 g/mol. The second-order valence-electron chi connectivity index (χ2n) is 8.96. The van der Waals surface area contributed by atoms with Crippen LogP contribution in [0.3, 0.4) is 0 Å². The highest BCUT2D eigenvalue weighted by atomic mass is 35.5. The number of nitrogens with zero attached hydrogens (tertiary/aromatic N) is 3. The summed E-state index contributed by atoms with van der Waals surface area (Å²) in [7, 11) is 0. The lowest BCUT2D eigenvalue weighted by Gasteiger charge is -2.22. The number of hydrogen-bond donors (Lipinski definition) is 2. The van der Waals surface area contributed by atoms with Crippen LogP contribution in [0.2, 0.25) is 5.02 Å². The van der Waals surface area contributed by atoms with Gasteiger partial charge < -0.3 is 15.5 Å². The lowest BCUT2D eigenvalue weighted by Crippen LogP contribution is -2.41. The summed E-state index contributed by atoms with van der Waals surface area (Å²) in [5.41, 5.74) is 1.62. The zero-order valence-electron chi connectivity index (χ0n) is 19.7. The molecule has 0 aliphatic rings. The van der Waals surface area contributed by atoms with Crippen LogP contribution >= 0.6 is 11.6 Å². The van der Waals surface area contributed by atoms with Gasteiger partial charge in [-0.05, 0) is 48.9 Å². The molecular formula is C25H29ClFN5O2. The van der Waals surface area contributed by atoms with E-state index in [1.165, 1.54) is 23.1 Å². The van der Waals surface area contributed by atoms with Gasteiger partial charge in [0.05, 0.1) is 11.4 Å². The molecule has 34 heavy (non-hydrogen) atoms. The standard InChI is InChI=1S/C25H29ClFN5O2/c1-5-13-31(24(34)28-19-8-6-7-18(27)14-19)16-23(33)29-22-15-21(25(2,3)4)30-32(22)20-11-9-17(26)10-12-20/h6-12,14-15H,5,13,16H2,1-4H3,(H,28,34)(H,29,33). The normalized spacial score (nSPS) is 11.2. The van der Waals surface area contributed by atoms with Crippen molar-refractivity contribution in [2.45, 2.75) is 39.5 Å². The summed E-state index contributed by atoms with van der Waals surface area (Å²) in [5, 5.41) is 10.8. The molecule has 1 aromatic heterocycles. The molecule has 3 aromatic rings. The third-order valence-electron chi connectivity index (χ3n) is 5.01. The molecule has 9 heteroatoms. The van der Waals surface area contributed by atoms with E-state index in [9.17, 15) is 14.0 Å². The van der Waals surface area contributed by atoms with E-state index in [-0.39, 0.29) is 17.9 Å². The van der Waals surface area contributed by atoms with Gasteiger partial charge in [-0.15, -0.1) is 0 Å². The maximum atomic E-state index is 13.5. The molecule has 2 N–H and O–H groups in total. The second-order valence-corrected chi connectivity index (χ2v) is 9.40. The Morgan fingerprint density at radius 1 is 1.09 bits per heavy atom. The number of amides is 3. The van der Waals surface area contributed by atoms with Crippen LogP contribution in [0.1, 0.15) is 39.8 Å². The molecule has 2 aromatic carbocycles. The van der Waals surface area contributed by atoms with Crippen molar-refractivity contribution >= 4 is 35.0 Å². The molecule has 3 amide bonds. The van der Waals surface area contributed by atoms with Crippen LogP contribution in [0, 0.1) is 5.82 Å². The number of carbonyl (C=O) groups is 2. The fourth-order valence-electron chi connectivity index (χ4n) is 3.26. The Labute approximate surface area is 203 Å². The van der Waals surface area contributed by atoms with Gasteiger partial charge in [0.2, 0.25) is 5.91 Å². The number of rotatable bonds is 7. The molecule has 0 bridgehead atoms. The monoisotopic (exact) mass is 485 g/mol. The van der Waals surface area contributed by atoms with Crippen molar-refractivity contribution in [2.24, 2.45) is 0 Å². The second kappa shape index (κ2) is 10.7. The minimum atomic E-state index is -0.482. The van der Waals surface area contributed by atoms with Crippen LogP contribution < -0.4 is 10.6 Å². The molecule has 1 heterocycles. The third-order valence-corrected chi connectivity index (χ3v) is 5.26. The quantitative estimate of drug-likeness (QED) is 0.441. The number of nitrogens with one attached hydrogen (secondary N) is 2. The average molecular weight is 486 g/mol. The van der Waals surface area contributed by atoms with Gasteiger partial charge >= 0.3 is 6.03 Å². The number of anilines is 2. The van der Waals surface area contributed by atoms with Gasteiger partial charge in [0, 0.05) is 28.7 Å². The number of halogens is 2. The molecule has 0 aliphatic carbocycles. The first-order valence-electron chi connectivity index (χ1n) is 11.0. The first kappa shape index (κ1) is 25.2. The van der Waals surface area contributed by atoms with Crippen LogP contribution in [0.15, 0.2) is 54.6 Å². The van der Waals surface area contributed by atoms with Crippen molar-refractivity contribution in [3.63, 3.8) is 0 Å². The Bertz CT molecular complexity index is 1150. The van der Waals surface area contributed by atoms with Gasteiger partial charge in [-0.1, -0.05) is 45.4 Å². The Kier molecular flexibility index (Phi) is 7.94. The summed E-state index contributed by atoms with van der Waals surface area (Å²) in [6.45, 7) is 8.20. The van der Waals surface area contributed by atoms with E-state index in [4.69, 9.17) is 11.6 Å². The van der Waals surface area contributed by atoms with Crippen LogP contribution in [-0.4, -0.2) is 39.7 Å². The minimum absolute atomic E-state index is 0.175. The number of benzene rings is 2. The molecule has 0 radical (unpaired) electrons. The number of aromatic nitrogens is 2. The maximum Gasteiger partial charge on any atom is 0.322 e. The first-order valence-corrected chi connectivity index (χ1v) is 11.4. The van der Waals surface area contributed by atoms with Crippen LogP contribution in [0.5, 0.6) is 0 Å². The minimum Gasteiger partial charge on any atom is -0.315 e. The highest BCUT2D eigenvalue weighted by Crippen LogP contribution is 2.27. The van der Waals surface area contributed by atoms with Gasteiger partial charge in [-0.25, -0.2) is 13.9 Å². The van der Waals surface area contributed by atoms with Crippen molar-refractivity contribution in [2.75, 3.05) is 23.7 Å². The Hall–Kier alpha value is -3.39. The van der Waals surface area contributed by atoms with E-state index in [1.807, 2.05) is 45.9 Å². The van der Waals surface area contributed by atoms with Crippen LogP contribution in [0.25, 0.3) is 5.69 Å². The van der Waals surface area contributed by atoms with Gasteiger partial charge in [0.15, 0.2) is 0 Å². The zero-order chi connectivity index (χ0) is 24.9. The van der Waals surface area contributed by atoms with Crippen molar-refractivity contribution in [1.29, 1.82) is 0 Å². The molecule has 0 saturated carbocycles. The average Bonchev–Trinajstić information content (AvgIpc) is 3.18. The highest BCUT2D eigenvalue weighted by molar-refractivity contribution is 6.30. The number of hydrogen-bond acceptors (Lipinski definition) is 3. The smallest absolute Gasteiger partial charge is 0.315 e. The molecule has 0 spiro atoms. The van der Waals surface area contributed by atoms with E-state index in [0.29, 0.717) is 29.5 Å². The van der Waals surface area contributed by atoms with Crippen molar-refractivity contribution in [1.82, 2.24) is 14.7 Å². The molecule has 0 unspecified atom stereocenters. The molecule has 0 saturated heterocycles. The first-order chi connectivity index (χ1) is 16.1. The topological polar surface area (TPSA) is 79.3 Å². The van der Waals surface area contributed by atoms with E-state index >= 15 is 0 Å². The fraction of sp³-hybridized carbons (Fsp3) is 0.320. The Morgan fingerprint density at radius 2 is 1.79 bits per heavy atom. The van der Waals surface area contributed by atoms with Gasteiger partial charge in [0.1, 0.15) is 18.2 Å². The molecule has 0 aliphatic heterocycles. The summed E-state index contributed by atoms with van der Waals surface area (Å²) in [5.74, 6) is -0.347. The van der Waals surface area contributed by atoms with Crippen LogP contribution in [0.4, 0.5) is 20.7 Å². The van der Waals surface area contributed by atoms with Crippen molar-refractivity contribution < 1.29 is 14.0 Å². The maximum absolute atomic E-state index is 13.5. The highest BCUT2D eigenvalue weighted by Gasteiger charge is 2.23. The molecule has 0 atom stereocenters. The van der Waals surface area contributed by atoms with E-state index < -0.39 is 11.8 Å². The predicted molar refractivity (Wildman–Crippen MR) is 133 cm³/mol. The summed E-state index contributed by atoms with van der Waals surface area (Å²) >= 11 is 6.02. The molecule has 3 rings (SSSR count). The van der Waals surface area contributed by atoms with E-state index in [2.05, 4.69) is 15.7 Å². The SMILES string of the molecule is CCCN(CC(=O)Nc1cc(C(C)(C)C)nn1-c1ccc(Cl)cc1)C(=O)Nc1cccc(F)c1. The van der Waals surface area contributed by atoms with E-state index in [0.717, 1.165) is 11.4 Å². The molecule has 7 nitrogen and oxygen atoms in total. The molecule has 0 fully saturated rings. The summed E-state index contributed by atoms with van der Waals surface area (Å²) < 4.78 is 15.1. The summed E-state index contributed by atoms with van der Waals surface area (Å²) in [4.78, 5) is 27.1. The Balaban J connectivity index is 1.79. The molecule has 180 valence electrons. The van der Waals surface area contributed by atoms with E-state index in [1.54, 1.807) is 22.9 Å².